The van der Waals surface area contributed by atoms with Crippen LogP contribution in [0.15, 0.2) is 59.4 Å². The Balaban J connectivity index is 1.60. The zero-order chi connectivity index (χ0) is 22.4. The van der Waals surface area contributed by atoms with E-state index in [0.717, 1.165) is 16.7 Å². The number of hydrogen-bond acceptors (Lipinski definition) is 5. The van der Waals surface area contributed by atoms with Crippen LogP contribution in [-0.4, -0.2) is 35.4 Å². The first-order valence-corrected chi connectivity index (χ1v) is 10.1. The van der Waals surface area contributed by atoms with Crippen LogP contribution in [0, 0.1) is 13.8 Å². The third-order valence-corrected chi connectivity index (χ3v) is 4.73. The molecule has 0 saturated heterocycles. The van der Waals surface area contributed by atoms with Crippen LogP contribution in [0.3, 0.4) is 0 Å². The van der Waals surface area contributed by atoms with Gasteiger partial charge in [0.1, 0.15) is 11.5 Å². The van der Waals surface area contributed by atoms with Crippen LogP contribution in [0.1, 0.15) is 18.1 Å². The van der Waals surface area contributed by atoms with Gasteiger partial charge in [-0.05, 0) is 62.2 Å². The summed E-state index contributed by atoms with van der Waals surface area (Å²) in [5, 5.41) is 7.21. The van der Waals surface area contributed by atoms with Gasteiger partial charge in [-0.1, -0.05) is 18.2 Å². The molecule has 0 fully saturated rings. The summed E-state index contributed by atoms with van der Waals surface area (Å²) in [5.41, 5.74) is 3.40. The number of benzene rings is 2. The van der Waals surface area contributed by atoms with Crippen molar-refractivity contribution >= 4 is 5.91 Å². The Kier molecular flexibility index (Phi) is 7.07. The second-order valence-corrected chi connectivity index (χ2v) is 7.39. The van der Waals surface area contributed by atoms with Gasteiger partial charge in [-0.25, -0.2) is 4.68 Å². The molecular weight excluding hydrogens is 394 g/mol. The van der Waals surface area contributed by atoms with E-state index in [1.807, 2.05) is 56.3 Å². The number of nitrogens with zero attached hydrogens (tertiary/aromatic N) is 2. The smallest absolute Gasteiger partial charge is 0.266 e. The third-order valence-electron chi connectivity index (χ3n) is 4.73. The van der Waals surface area contributed by atoms with Gasteiger partial charge in [0.25, 0.3) is 11.5 Å². The minimum Gasteiger partial charge on any atom is -0.497 e. The van der Waals surface area contributed by atoms with Gasteiger partial charge in [0, 0.05) is 18.2 Å². The number of methoxy groups -OCH3 is 1. The number of hydrogen-bond donors (Lipinski definition) is 1. The van der Waals surface area contributed by atoms with E-state index in [2.05, 4.69) is 10.4 Å². The normalized spacial score (nSPS) is 11.6. The molecule has 0 spiro atoms. The van der Waals surface area contributed by atoms with Crippen molar-refractivity contribution in [1.29, 1.82) is 0 Å². The van der Waals surface area contributed by atoms with Crippen LogP contribution in [0.25, 0.3) is 11.3 Å². The molecule has 1 heterocycles. The highest BCUT2D eigenvalue weighted by Crippen LogP contribution is 2.21. The molecular formula is C24H27N3O4. The molecule has 0 aliphatic rings. The van der Waals surface area contributed by atoms with Crippen molar-refractivity contribution in [3.05, 3.63) is 76.1 Å². The summed E-state index contributed by atoms with van der Waals surface area (Å²) in [6.07, 6.45) is -0.658. The molecule has 7 nitrogen and oxygen atoms in total. The lowest BCUT2D eigenvalue weighted by atomic mass is 10.1. The van der Waals surface area contributed by atoms with Crippen molar-refractivity contribution in [3.63, 3.8) is 0 Å². The second kappa shape index (κ2) is 9.93. The van der Waals surface area contributed by atoms with Gasteiger partial charge in [-0.15, -0.1) is 0 Å². The minimum atomic E-state index is -0.658. The summed E-state index contributed by atoms with van der Waals surface area (Å²) < 4.78 is 12.3. The Hall–Kier alpha value is -3.61. The first-order valence-electron chi connectivity index (χ1n) is 10.1. The lowest BCUT2D eigenvalue weighted by molar-refractivity contribution is -0.127. The maximum Gasteiger partial charge on any atom is 0.266 e. The van der Waals surface area contributed by atoms with E-state index < -0.39 is 6.10 Å². The molecule has 1 N–H and O–H groups in total. The van der Waals surface area contributed by atoms with Gasteiger partial charge in [-0.3, -0.25) is 9.59 Å². The van der Waals surface area contributed by atoms with Gasteiger partial charge in [0.15, 0.2) is 6.10 Å². The molecule has 7 heteroatoms. The van der Waals surface area contributed by atoms with Gasteiger partial charge < -0.3 is 14.8 Å². The van der Waals surface area contributed by atoms with Crippen molar-refractivity contribution in [1.82, 2.24) is 15.1 Å². The predicted octanol–water partition coefficient (Wildman–Crippen LogP) is 3.12. The summed E-state index contributed by atoms with van der Waals surface area (Å²) in [7, 11) is 1.60. The highest BCUT2D eigenvalue weighted by atomic mass is 16.5. The van der Waals surface area contributed by atoms with Crippen LogP contribution in [0.2, 0.25) is 0 Å². The number of aryl methyl sites for hydroxylation is 2. The highest BCUT2D eigenvalue weighted by Gasteiger charge is 2.15. The Morgan fingerprint density at radius 1 is 1.06 bits per heavy atom. The van der Waals surface area contributed by atoms with Gasteiger partial charge in [0.05, 0.1) is 19.3 Å². The number of nitrogens with one attached hydrogen (secondary N) is 1. The predicted molar refractivity (Wildman–Crippen MR) is 120 cm³/mol. The summed E-state index contributed by atoms with van der Waals surface area (Å²) >= 11 is 0. The van der Waals surface area contributed by atoms with E-state index in [9.17, 15) is 9.59 Å². The van der Waals surface area contributed by atoms with Crippen molar-refractivity contribution in [2.24, 2.45) is 0 Å². The van der Waals surface area contributed by atoms with E-state index >= 15 is 0 Å². The average molecular weight is 421 g/mol. The zero-order valence-electron chi connectivity index (χ0n) is 18.2. The van der Waals surface area contributed by atoms with E-state index in [-0.39, 0.29) is 24.6 Å². The largest absolute Gasteiger partial charge is 0.497 e. The molecule has 2 aromatic carbocycles. The fraction of sp³-hybridized carbons (Fsp3) is 0.292. The molecule has 0 saturated carbocycles. The summed E-state index contributed by atoms with van der Waals surface area (Å²) in [5.74, 6) is 1.11. The first-order chi connectivity index (χ1) is 14.9. The molecule has 0 bridgehead atoms. The number of amides is 1. The molecule has 0 radical (unpaired) electrons. The molecule has 0 aliphatic heterocycles. The first kappa shape index (κ1) is 22.1. The Bertz CT molecular complexity index is 1100. The van der Waals surface area contributed by atoms with Crippen molar-refractivity contribution < 1.29 is 14.3 Å². The van der Waals surface area contributed by atoms with Crippen LogP contribution in [0.5, 0.6) is 11.5 Å². The SMILES string of the molecule is COc1cccc(-c2ccc(=O)n(CCNC(=O)C(C)Oc3cc(C)cc(C)c3)n2)c1. The fourth-order valence-electron chi connectivity index (χ4n) is 3.23. The number of carbonyl (C=O) groups excluding carboxylic acids is 1. The van der Waals surface area contributed by atoms with E-state index in [4.69, 9.17) is 9.47 Å². The summed E-state index contributed by atoms with van der Waals surface area (Å²) in [6, 6.07) is 16.4. The van der Waals surface area contributed by atoms with E-state index in [1.165, 1.54) is 10.7 Å². The van der Waals surface area contributed by atoms with Crippen LogP contribution in [-0.2, 0) is 11.3 Å². The third kappa shape index (κ3) is 5.94. The highest BCUT2D eigenvalue weighted by molar-refractivity contribution is 5.80. The minimum absolute atomic E-state index is 0.236. The molecule has 1 atom stereocenters. The van der Waals surface area contributed by atoms with Gasteiger partial charge in [-0.2, -0.15) is 5.10 Å². The average Bonchev–Trinajstić information content (AvgIpc) is 2.74. The second-order valence-electron chi connectivity index (χ2n) is 7.39. The number of rotatable bonds is 8. The number of ether oxygens (including phenoxy) is 2. The lowest BCUT2D eigenvalue weighted by Crippen LogP contribution is -2.39. The van der Waals surface area contributed by atoms with Gasteiger partial charge >= 0.3 is 0 Å². The monoisotopic (exact) mass is 421 g/mol. The molecule has 3 rings (SSSR count). The molecule has 0 aliphatic carbocycles. The van der Waals surface area contributed by atoms with Crippen LogP contribution >= 0.6 is 0 Å². The molecule has 162 valence electrons. The maximum atomic E-state index is 12.4. The van der Waals surface area contributed by atoms with Crippen LogP contribution in [0.4, 0.5) is 0 Å². The van der Waals surface area contributed by atoms with Gasteiger partial charge in [0.2, 0.25) is 0 Å². The summed E-state index contributed by atoms with van der Waals surface area (Å²) in [4.78, 5) is 24.6. The van der Waals surface area contributed by atoms with E-state index in [0.29, 0.717) is 17.2 Å². The molecule has 3 aromatic rings. The molecule has 1 amide bonds. The number of carbonyl (C=O) groups is 1. The summed E-state index contributed by atoms with van der Waals surface area (Å²) in [6.45, 7) is 6.16. The quantitative estimate of drug-likeness (QED) is 0.604. The fourth-order valence-corrected chi connectivity index (χ4v) is 3.23. The maximum absolute atomic E-state index is 12.4. The van der Waals surface area contributed by atoms with Crippen molar-refractivity contribution in [2.75, 3.05) is 13.7 Å². The lowest BCUT2D eigenvalue weighted by Gasteiger charge is -2.16. The Labute approximate surface area is 181 Å². The Morgan fingerprint density at radius 3 is 2.52 bits per heavy atom. The molecule has 31 heavy (non-hydrogen) atoms. The van der Waals surface area contributed by atoms with Crippen LogP contribution < -0.4 is 20.3 Å². The number of aromatic nitrogens is 2. The van der Waals surface area contributed by atoms with E-state index in [1.54, 1.807) is 20.1 Å². The topological polar surface area (TPSA) is 82.5 Å². The van der Waals surface area contributed by atoms with Crippen molar-refractivity contribution in [2.45, 2.75) is 33.4 Å². The Morgan fingerprint density at radius 2 is 1.81 bits per heavy atom. The van der Waals surface area contributed by atoms with Crippen molar-refractivity contribution in [3.8, 4) is 22.8 Å². The molecule has 1 aromatic heterocycles. The molecule has 1 unspecified atom stereocenters. The standard InChI is InChI=1S/C24H27N3O4/c1-16-12-17(2)14-21(13-16)31-18(3)24(29)25-10-11-27-23(28)9-8-22(26-27)19-6-5-7-20(15-19)30-4/h5-9,12-15,18H,10-11H2,1-4H3,(H,25,29). The zero-order valence-corrected chi connectivity index (χ0v) is 18.2.